The maximum atomic E-state index is 11.8. The average Bonchev–Trinajstić information content (AvgIpc) is 2.85. The van der Waals surface area contributed by atoms with E-state index in [1.807, 2.05) is 13.2 Å². The summed E-state index contributed by atoms with van der Waals surface area (Å²) in [6.07, 6.45) is 3.54. The molecule has 6 nitrogen and oxygen atoms in total. The molecular weight excluding hydrogens is 206 g/mol. The van der Waals surface area contributed by atoms with Crippen molar-refractivity contribution in [1.29, 1.82) is 0 Å². The predicted octanol–water partition coefficient (Wildman–Crippen LogP) is 0.0693. The van der Waals surface area contributed by atoms with Gasteiger partial charge >= 0.3 is 0 Å². The maximum absolute atomic E-state index is 11.8. The molecule has 6 heteroatoms. The lowest BCUT2D eigenvalue weighted by atomic mass is 10.2. The van der Waals surface area contributed by atoms with Crippen LogP contribution in [0.4, 0.5) is 5.95 Å². The molecule has 16 heavy (non-hydrogen) atoms. The van der Waals surface area contributed by atoms with Crippen molar-refractivity contribution in [3.63, 3.8) is 0 Å². The van der Waals surface area contributed by atoms with Crippen LogP contribution in [0.5, 0.6) is 0 Å². The SMILES string of the molecule is Cn1cc(-c2cc(=O)n3c(n2)NCC3)cn1. The van der Waals surface area contributed by atoms with E-state index in [0.717, 1.165) is 12.1 Å². The van der Waals surface area contributed by atoms with Crippen molar-refractivity contribution in [1.82, 2.24) is 19.3 Å². The van der Waals surface area contributed by atoms with E-state index < -0.39 is 0 Å². The smallest absolute Gasteiger partial charge is 0.255 e. The van der Waals surface area contributed by atoms with Gasteiger partial charge in [-0.3, -0.25) is 14.0 Å². The second kappa shape index (κ2) is 3.19. The van der Waals surface area contributed by atoms with Gasteiger partial charge in [0.05, 0.1) is 11.9 Å². The van der Waals surface area contributed by atoms with Crippen LogP contribution in [0.3, 0.4) is 0 Å². The first kappa shape index (κ1) is 9.14. The fourth-order valence-corrected chi connectivity index (χ4v) is 1.84. The Balaban J connectivity index is 2.16. The summed E-state index contributed by atoms with van der Waals surface area (Å²) in [5, 5.41) is 7.15. The topological polar surface area (TPSA) is 64.7 Å². The van der Waals surface area contributed by atoms with Gasteiger partial charge < -0.3 is 5.32 Å². The summed E-state index contributed by atoms with van der Waals surface area (Å²) >= 11 is 0. The fourth-order valence-electron chi connectivity index (χ4n) is 1.84. The molecule has 0 saturated heterocycles. The van der Waals surface area contributed by atoms with Gasteiger partial charge in [-0.2, -0.15) is 5.10 Å². The summed E-state index contributed by atoms with van der Waals surface area (Å²) in [5.74, 6) is 0.645. The van der Waals surface area contributed by atoms with Crippen molar-refractivity contribution in [2.24, 2.45) is 7.05 Å². The molecule has 0 bridgehead atoms. The van der Waals surface area contributed by atoms with E-state index in [9.17, 15) is 4.79 Å². The Morgan fingerprint density at radius 2 is 2.38 bits per heavy atom. The summed E-state index contributed by atoms with van der Waals surface area (Å²) in [4.78, 5) is 16.2. The van der Waals surface area contributed by atoms with Gasteiger partial charge in [0, 0.05) is 38.0 Å². The number of hydrogen-bond donors (Lipinski definition) is 1. The van der Waals surface area contributed by atoms with Gasteiger partial charge in [0.1, 0.15) is 0 Å². The number of anilines is 1. The first-order valence-corrected chi connectivity index (χ1v) is 5.09. The van der Waals surface area contributed by atoms with Gasteiger partial charge in [0.2, 0.25) is 5.95 Å². The van der Waals surface area contributed by atoms with E-state index in [-0.39, 0.29) is 5.56 Å². The minimum atomic E-state index is -0.0196. The lowest BCUT2D eigenvalue weighted by Gasteiger charge is -2.02. The van der Waals surface area contributed by atoms with E-state index in [0.29, 0.717) is 18.2 Å². The van der Waals surface area contributed by atoms with Crippen molar-refractivity contribution in [2.45, 2.75) is 6.54 Å². The van der Waals surface area contributed by atoms with Gasteiger partial charge in [-0.15, -0.1) is 0 Å². The molecule has 1 N–H and O–H groups in total. The Labute approximate surface area is 91.5 Å². The number of nitrogens with zero attached hydrogens (tertiary/aromatic N) is 4. The van der Waals surface area contributed by atoms with E-state index >= 15 is 0 Å². The molecule has 0 saturated carbocycles. The summed E-state index contributed by atoms with van der Waals surface area (Å²) in [6.45, 7) is 1.45. The minimum absolute atomic E-state index is 0.0196. The molecule has 0 spiro atoms. The second-order valence-corrected chi connectivity index (χ2v) is 3.78. The maximum Gasteiger partial charge on any atom is 0.255 e. The van der Waals surface area contributed by atoms with Gasteiger partial charge in [-0.1, -0.05) is 0 Å². The predicted molar refractivity (Wildman–Crippen MR) is 59.2 cm³/mol. The molecule has 0 fully saturated rings. The average molecular weight is 217 g/mol. The van der Waals surface area contributed by atoms with Crippen LogP contribution >= 0.6 is 0 Å². The third kappa shape index (κ3) is 1.30. The first-order chi connectivity index (χ1) is 7.74. The zero-order valence-electron chi connectivity index (χ0n) is 8.84. The van der Waals surface area contributed by atoms with Crippen LogP contribution in [0.1, 0.15) is 0 Å². The molecule has 0 aliphatic carbocycles. The van der Waals surface area contributed by atoms with Crippen LogP contribution in [0, 0.1) is 0 Å². The highest BCUT2D eigenvalue weighted by molar-refractivity contribution is 5.58. The zero-order valence-corrected chi connectivity index (χ0v) is 8.84. The minimum Gasteiger partial charge on any atom is -0.354 e. The molecule has 3 rings (SSSR count). The highest BCUT2D eigenvalue weighted by Crippen LogP contribution is 2.17. The Hall–Kier alpha value is -2.11. The largest absolute Gasteiger partial charge is 0.354 e. The third-order valence-electron chi connectivity index (χ3n) is 2.63. The lowest BCUT2D eigenvalue weighted by Crippen LogP contribution is -2.18. The Bertz CT molecular complexity index is 597. The monoisotopic (exact) mass is 217 g/mol. The van der Waals surface area contributed by atoms with E-state index in [2.05, 4.69) is 15.4 Å². The zero-order chi connectivity index (χ0) is 11.1. The Morgan fingerprint density at radius 3 is 3.12 bits per heavy atom. The Morgan fingerprint density at radius 1 is 1.50 bits per heavy atom. The molecule has 2 aromatic heterocycles. The van der Waals surface area contributed by atoms with E-state index in [1.54, 1.807) is 21.5 Å². The van der Waals surface area contributed by atoms with Crippen LogP contribution in [0.25, 0.3) is 11.3 Å². The van der Waals surface area contributed by atoms with Crippen molar-refractivity contribution in [3.05, 3.63) is 28.8 Å². The van der Waals surface area contributed by atoms with Gasteiger partial charge in [0.15, 0.2) is 0 Å². The van der Waals surface area contributed by atoms with Gasteiger partial charge in [-0.05, 0) is 0 Å². The number of fused-ring (bicyclic) bond motifs is 1. The molecule has 0 unspecified atom stereocenters. The van der Waals surface area contributed by atoms with Crippen LogP contribution in [0.15, 0.2) is 23.3 Å². The lowest BCUT2D eigenvalue weighted by molar-refractivity contribution is 0.762. The molecule has 0 radical (unpaired) electrons. The molecule has 82 valence electrons. The number of hydrogen-bond acceptors (Lipinski definition) is 4. The highest BCUT2D eigenvalue weighted by Gasteiger charge is 2.14. The number of rotatable bonds is 1. The van der Waals surface area contributed by atoms with E-state index in [1.165, 1.54) is 0 Å². The van der Waals surface area contributed by atoms with Crippen molar-refractivity contribution in [3.8, 4) is 11.3 Å². The molecule has 3 heterocycles. The summed E-state index contributed by atoms with van der Waals surface area (Å²) in [7, 11) is 1.84. The summed E-state index contributed by atoms with van der Waals surface area (Å²) in [5.41, 5.74) is 1.50. The van der Waals surface area contributed by atoms with E-state index in [4.69, 9.17) is 0 Å². The van der Waals surface area contributed by atoms with Gasteiger partial charge in [0.25, 0.3) is 5.56 Å². The normalized spacial score (nSPS) is 13.6. The first-order valence-electron chi connectivity index (χ1n) is 5.09. The quantitative estimate of drug-likeness (QED) is 0.734. The van der Waals surface area contributed by atoms with Crippen molar-refractivity contribution < 1.29 is 0 Å². The molecular formula is C10H11N5O. The van der Waals surface area contributed by atoms with Crippen LogP contribution in [-0.2, 0) is 13.6 Å². The van der Waals surface area contributed by atoms with Crippen LogP contribution in [-0.4, -0.2) is 25.9 Å². The molecule has 0 amide bonds. The molecule has 1 aliphatic heterocycles. The number of nitrogens with one attached hydrogen (secondary N) is 1. The summed E-state index contributed by atoms with van der Waals surface area (Å²) < 4.78 is 3.33. The molecule has 1 aliphatic rings. The third-order valence-corrected chi connectivity index (χ3v) is 2.63. The van der Waals surface area contributed by atoms with Crippen molar-refractivity contribution in [2.75, 3.05) is 11.9 Å². The fraction of sp³-hybridized carbons (Fsp3) is 0.300. The number of aromatic nitrogens is 4. The number of aryl methyl sites for hydroxylation is 1. The molecule has 0 aromatic carbocycles. The molecule has 2 aromatic rings. The summed E-state index contributed by atoms with van der Waals surface area (Å²) in [6, 6.07) is 1.55. The van der Waals surface area contributed by atoms with Gasteiger partial charge in [-0.25, -0.2) is 4.98 Å². The van der Waals surface area contributed by atoms with Crippen LogP contribution < -0.4 is 10.9 Å². The van der Waals surface area contributed by atoms with Crippen LogP contribution in [0.2, 0.25) is 0 Å². The highest BCUT2D eigenvalue weighted by atomic mass is 16.1. The molecule has 0 atom stereocenters. The second-order valence-electron chi connectivity index (χ2n) is 3.78. The van der Waals surface area contributed by atoms with Crippen molar-refractivity contribution >= 4 is 5.95 Å². The standard InChI is InChI=1S/C10H11N5O/c1-14-6-7(5-12-14)8-4-9(16)15-3-2-11-10(15)13-8/h4-6H,2-3H2,1H3,(H,11,13). The Kier molecular flexibility index (Phi) is 1.82.